The van der Waals surface area contributed by atoms with Crippen molar-refractivity contribution in [2.75, 3.05) is 26.7 Å². The van der Waals surface area contributed by atoms with E-state index in [-0.39, 0.29) is 32.0 Å². The molecule has 2 atom stereocenters. The summed E-state index contributed by atoms with van der Waals surface area (Å²) in [5.41, 5.74) is 4.27. The minimum absolute atomic E-state index is 0.0334. The number of benzene rings is 2. The lowest BCUT2D eigenvalue weighted by Gasteiger charge is -2.17. The molecule has 1 fully saturated rings. The summed E-state index contributed by atoms with van der Waals surface area (Å²) >= 11 is 0. The number of fused-ring (bicyclic) bond motifs is 3. The van der Waals surface area contributed by atoms with Crippen LogP contribution in [-0.2, 0) is 14.3 Å². The number of nitrogens with zero attached hydrogens (tertiary/aromatic N) is 1. The molecule has 0 radical (unpaired) electrons. The molecule has 0 aliphatic heterocycles. The fraction of sp³-hybridized carbons (Fsp3) is 0.423. The number of ether oxygens (including phenoxy) is 1. The lowest BCUT2D eigenvalue weighted by molar-refractivity contribution is -0.137. The molecule has 2 aliphatic rings. The van der Waals surface area contributed by atoms with Gasteiger partial charge in [-0.3, -0.25) is 9.59 Å². The van der Waals surface area contributed by atoms with Crippen LogP contribution in [0.15, 0.2) is 48.5 Å². The van der Waals surface area contributed by atoms with E-state index < -0.39 is 35.7 Å². The summed E-state index contributed by atoms with van der Waals surface area (Å²) in [6.45, 7) is -0.0967. The predicted molar refractivity (Wildman–Crippen MR) is 124 cm³/mol. The number of carboxylic acids is 1. The Morgan fingerprint density at radius 1 is 1.03 bits per heavy atom. The number of carbonyl (C=O) groups is 3. The number of hydrogen-bond donors (Lipinski definition) is 2. The molecule has 9 heteroatoms. The molecule has 2 unspecified atom stereocenters. The summed E-state index contributed by atoms with van der Waals surface area (Å²) in [4.78, 5) is 36.5. The van der Waals surface area contributed by atoms with Gasteiger partial charge in [0.25, 0.3) is 5.92 Å². The molecule has 0 bridgehead atoms. The first-order valence-electron chi connectivity index (χ1n) is 11.6. The van der Waals surface area contributed by atoms with Crippen molar-refractivity contribution in [2.24, 2.45) is 11.8 Å². The van der Waals surface area contributed by atoms with Gasteiger partial charge >= 0.3 is 12.1 Å². The van der Waals surface area contributed by atoms with Gasteiger partial charge in [0, 0.05) is 32.5 Å². The van der Waals surface area contributed by atoms with Gasteiger partial charge in [0.05, 0.1) is 5.92 Å². The molecule has 186 valence electrons. The van der Waals surface area contributed by atoms with Crippen LogP contribution in [-0.4, -0.2) is 60.6 Å². The number of aliphatic carboxylic acids is 1. The Bertz CT molecular complexity index is 1080. The number of carbonyl (C=O) groups excluding carboxylic acids is 2. The molecule has 1 saturated carbocycles. The Balaban J connectivity index is 1.26. The van der Waals surface area contributed by atoms with Crippen molar-refractivity contribution >= 4 is 18.0 Å². The molecular weight excluding hydrogens is 458 g/mol. The summed E-state index contributed by atoms with van der Waals surface area (Å²) < 4.78 is 33.9. The standard InChI is InChI=1S/C26H28F2N2O5/c1-30(13-7-6-12-22(31)32)24(33)23-21(26(23,27)28)14-29-25(34)35-15-20-18-10-4-2-8-16(18)17-9-3-5-11-19(17)20/h2-5,8-11,20-21,23H,6-7,12-15H2,1H3,(H,29,34)(H,31,32). The maximum Gasteiger partial charge on any atom is 0.407 e. The minimum Gasteiger partial charge on any atom is -0.481 e. The maximum absolute atomic E-state index is 14.3. The smallest absolute Gasteiger partial charge is 0.407 e. The third kappa shape index (κ3) is 5.13. The minimum atomic E-state index is -3.21. The van der Waals surface area contributed by atoms with Crippen LogP contribution in [0.25, 0.3) is 11.1 Å². The largest absolute Gasteiger partial charge is 0.481 e. The Morgan fingerprint density at radius 2 is 1.63 bits per heavy atom. The van der Waals surface area contributed by atoms with Gasteiger partial charge in [-0.15, -0.1) is 0 Å². The number of carboxylic acid groups (broad SMARTS) is 1. The first-order valence-corrected chi connectivity index (χ1v) is 11.6. The average Bonchev–Trinajstić information content (AvgIpc) is 3.24. The fourth-order valence-corrected chi connectivity index (χ4v) is 4.80. The molecule has 2 aromatic carbocycles. The SMILES string of the molecule is CN(CCCCC(=O)O)C(=O)C1C(CNC(=O)OCC2c3ccccc3-c3ccccc32)C1(F)F. The Labute approximate surface area is 202 Å². The number of rotatable bonds is 10. The average molecular weight is 487 g/mol. The lowest BCUT2D eigenvalue weighted by Crippen LogP contribution is -2.32. The van der Waals surface area contributed by atoms with Crippen LogP contribution in [0.4, 0.5) is 13.6 Å². The van der Waals surface area contributed by atoms with Crippen molar-refractivity contribution in [1.29, 1.82) is 0 Å². The fourth-order valence-electron chi connectivity index (χ4n) is 4.80. The van der Waals surface area contributed by atoms with E-state index in [2.05, 4.69) is 5.32 Å². The molecule has 0 heterocycles. The number of amides is 2. The molecule has 2 amide bonds. The van der Waals surface area contributed by atoms with Gasteiger partial charge in [0.2, 0.25) is 5.91 Å². The zero-order chi connectivity index (χ0) is 25.2. The zero-order valence-electron chi connectivity index (χ0n) is 19.4. The van der Waals surface area contributed by atoms with E-state index in [1.165, 1.54) is 11.9 Å². The molecule has 0 spiro atoms. The lowest BCUT2D eigenvalue weighted by atomic mass is 9.98. The number of alkyl carbamates (subject to hydrolysis) is 1. The molecule has 0 saturated heterocycles. The quantitative estimate of drug-likeness (QED) is 0.493. The molecule has 0 aromatic heterocycles. The number of alkyl halides is 2. The highest BCUT2D eigenvalue weighted by atomic mass is 19.3. The highest BCUT2D eigenvalue weighted by molar-refractivity contribution is 5.84. The van der Waals surface area contributed by atoms with Crippen LogP contribution in [0, 0.1) is 11.8 Å². The third-order valence-electron chi connectivity index (χ3n) is 6.79. The van der Waals surface area contributed by atoms with Gasteiger partial charge in [0.1, 0.15) is 12.5 Å². The van der Waals surface area contributed by atoms with Crippen molar-refractivity contribution in [3.05, 3.63) is 59.7 Å². The van der Waals surface area contributed by atoms with Crippen LogP contribution in [0.2, 0.25) is 0 Å². The molecule has 2 aliphatic carbocycles. The first-order chi connectivity index (χ1) is 16.7. The third-order valence-corrected chi connectivity index (χ3v) is 6.79. The molecule has 4 rings (SSSR count). The van der Waals surface area contributed by atoms with E-state index in [1.54, 1.807) is 0 Å². The molecule has 2 aromatic rings. The topological polar surface area (TPSA) is 95.9 Å². The monoisotopic (exact) mass is 486 g/mol. The summed E-state index contributed by atoms with van der Waals surface area (Å²) in [6, 6.07) is 15.8. The highest BCUT2D eigenvalue weighted by Gasteiger charge is 2.72. The Morgan fingerprint density at radius 3 is 2.23 bits per heavy atom. The maximum atomic E-state index is 14.3. The number of nitrogens with one attached hydrogen (secondary N) is 1. The molecule has 2 N–H and O–H groups in total. The van der Waals surface area contributed by atoms with Crippen molar-refractivity contribution < 1.29 is 33.0 Å². The van der Waals surface area contributed by atoms with Crippen LogP contribution in [0.3, 0.4) is 0 Å². The predicted octanol–water partition coefficient (Wildman–Crippen LogP) is 4.12. The van der Waals surface area contributed by atoms with Gasteiger partial charge in [-0.1, -0.05) is 48.5 Å². The highest BCUT2D eigenvalue weighted by Crippen LogP contribution is 2.55. The molecule has 7 nitrogen and oxygen atoms in total. The van der Waals surface area contributed by atoms with E-state index in [9.17, 15) is 23.2 Å². The van der Waals surface area contributed by atoms with Crippen molar-refractivity contribution in [3.63, 3.8) is 0 Å². The van der Waals surface area contributed by atoms with Crippen LogP contribution in [0.5, 0.6) is 0 Å². The van der Waals surface area contributed by atoms with Gasteiger partial charge in [-0.2, -0.15) is 0 Å². The van der Waals surface area contributed by atoms with Crippen LogP contribution >= 0.6 is 0 Å². The van der Waals surface area contributed by atoms with Gasteiger partial charge < -0.3 is 20.1 Å². The first kappa shape index (κ1) is 24.6. The number of hydrogen-bond acceptors (Lipinski definition) is 4. The molecular formula is C26H28F2N2O5. The summed E-state index contributed by atoms with van der Waals surface area (Å²) in [6.07, 6.45) is -0.0623. The summed E-state index contributed by atoms with van der Waals surface area (Å²) in [5, 5.41) is 11.0. The van der Waals surface area contributed by atoms with Gasteiger partial charge in [-0.05, 0) is 35.1 Å². The Kier molecular flexibility index (Phi) is 7.05. The second kappa shape index (κ2) is 10.0. The van der Waals surface area contributed by atoms with Crippen LogP contribution in [0.1, 0.15) is 36.3 Å². The van der Waals surface area contributed by atoms with E-state index in [1.807, 2.05) is 48.5 Å². The number of halogens is 2. The van der Waals surface area contributed by atoms with Gasteiger partial charge in [-0.25, -0.2) is 13.6 Å². The van der Waals surface area contributed by atoms with E-state index in [0.717, 1.165) is 22.3 Å². The van der Waals surface area contributed by atoms with E-state index >= 15 is 0 Å². The van der Waals surface area contributed by atoms with E-state index in [4.69, 9.17) is 9.84 Å². The zero-order valence-corrected chi connectivity index (χ0v) is 19.4. The van der Waals surface area contributed by atoms with Gasteiger partial charge in [0.15, 0.2) is 0 Å². The van der Waals surface area contributed by atoms with E-state index in [0.29, 0.717) is 12.8 Å². The summed E-state index contributed by atoms with van der Waals surface area (Å²) in [7, 11) is 1.42. The Hall–Kier alpha value is -3.49. The molecule has 35 heavy (non-hydrogen) atoms. The second-order valence-electron chi connectivity index (χ2n) is 9.08. The second-order valence-corrected chi connectivity index (χ2v) is 9.08. The van der Waals surface area contributed by atoms with Crippen molar-refractivity contribution in [3.8, 4) is 11.1 Å². The van der Waals surface area contributed by atoms with Crippen molar-refractivity contribution in [1.82, 2.24) is 10.2 Å². The van der Waals surface area contributed by atoms with Crippen molar-refractivity contribution in [2.45, 2.75) is 31.1 Å². The normalized spacial score (nSPS) is 19.4. The summed E-state index contributed by atoms with van der Waals surface area (Å²) in [5.74, 6) is -7.78. The number of unbranched alkanes of at least 4 members (excludes halogenated alkanes) is 1. The van der Waals surface area contributed by atoms with Crippen LogP contribution < -0.4 is 5.32 Å².